The van der Waals surface area contributed by atoms with E-state index in [1.54, 1.807) is 19.1 Å². The second-order valence-corrected chi connectivity index (χ2v) is 3.91. The number of hydrogen-bond acceptors (Lipinski definition) is 2. The van der Waals surface area contributed by atoms with E-state index in [-0.39, 0.29) is 11.3 Å². The second-order valence-electron chi connectivity index (χ2n) is 3.91. The van der Waals surface area contributed by atoms with Gasteiger partial charge in [0.25, 0.3) is 0 Å². The Hall–Kier alpha value is -2.41. The molecule has 0 spiro atoms. The molecule has 0 aromatic heterocycles. The minimum atomic E-state index is -0.499. The van der Waals surface area contributed by atoms with Crippen molar-refractivity contribution in [3.05, 3.63) is 59.2 Å². The number of nitrogens with zero attached hydrogens (tertiary/aromatic N) is 1. The Balaban J connectivity index is 2.37. The molecule has 90 valence electrons. The molecule has 2 aromatic carbocycles. The summed E-state index contributed by atoms with van der Waals surface area (Å²) in [6.45, 7) is 1.78. The van der Waals surface area contributed by atoms with Crippen molar-refractivity contribution in [1.82, 2.24) is 0 Å². The predicted octanol–water partition coefficient (Wildman–Crippen LogP) is 3.89. The summed E-state index contributed by atoms with van der Waals surface area (Å²) in [5.74, 6) is -0.912. The molecule has 2 nitrogen and oxygen atoms in total. The molecule has 0 fully saturated rings. The fourth-order valence-corrected chi connectivity index (χ4v) is 1.58. The Morgan fingerprint density at radius 3 is 2.44 bits per heavy atom. The number of halogens is 2. The maximum Gasteiger partial charge on any atom is 0.146 e. The molecule has 0 saturated carbocycles. The van der Waals surface area contributed by atoms with Crippen molar-refractivity contribution in [1.29, 1.82) is 5.26 Å². The minimum absolute atomic E-state index is 0.134. The SMILES string of the molecule is Cc1ccc(Nc2ccc(F)cc2C#N)c(F)c1. The Bertz CT molecular complexity index is 630. The molecule has 18 heavy (non-hydrogen) atoms. The number of nitriles is 1. The van der Waals surface area contributed by atoms with E-state index >= 15 is 0 Å². The molecule has 0 heterocycles. The highest BCUT2D eigenvalue weighted by molar-refractivity contribution is 5.66. The van der Waals surface area contributed by atoms with Gasteiger partial charge in [0.2, 0.25) is 0 Å². The summed E-state index contributed by atoms with van der Waals surface area (Å²) in [4.78, 5) is 0. The molecular formula is C14H10F2N2. The van der Waals surface area contributed by atoms with E-state index in [9.17, 15) is 8.78 Å². The first kappa shape index (κ1) is 12.1. The fraction of sp³-hybridized carbons (Fsp3) is 0.0714. The van der Waals surface area contributed by atoms with Crippen LogP contribution in [0.2, 0.25) is 0 Å². The van der Waals surface area contributed by atoms with Crippen molar-refractivity contribution in [2.45, 2.75) is 6.92 Å². The zero-order chi connectivity index (χ0) is 13.1. The third-order valence-corrected chi connectivity index (χ3v) is 2.50. The van der Waals surface area contributed by atoms with Crippen LogP contribution < -0.4 is 5.32 Å². The Morgan fingerprint density at radius 1 is 1.06 bits per heavy atom. The van der Waals surface area contributed by atoms with Gasteiger partial charge in [-0.3, -0.25) is 0 Å². The van der Waals surface area contributed by atoms with Crippen LogP contribution in [0.1, 0.15) is 11.1 Å². The zero-order valence-electron chi connectivity index (χ0n) is 9.67. The molecule has 0 unspecified atom stereocenters. The smallest absolute Gasteiger partial charge is 0.146 e. The Kier molecular flexibility index (Phi) is 3.24. The van der Waals surface area contributed by atoms with Crippen molar-refractivity contribution in [2.24, 2.45) is 0 Å². The minimum Gasteiger partial charge on any atom is -0.352 e. The molecule has 0 aliphatic rings. The van der Waals surface area contributed by atoms with Crippen molar-refractivity contribution in [2.75, 3.05) is 5.32 Å². The fourth-order valence-electron chi connectivity index (χ4n) is 1.58. The van der Waals surface area contributed by atoms with Crippen LogP contribution in [0, 0.1) is 29.9 Å². The summed E-state index contributed by atoms with van der Waals surface area (Å²) in [5.41, 5.74) is 1.57. The van der Waals surface area contributed by atoms with Crippen molar-refractivity contribution in [3.8, 4) is 6.07 Å². The van der Waals surface area contributed by atoms with Crippen LogP contribution >= 0.6 is 0 Å². The van der Waals surface area contributed by atoms with Gasteiger partial charge in [-0.2, -0.15) is 5.26 Å². The van der Waals surface area contributed by atoms with E-state index in [1.165, 1.54) is 18.2 Å². The Labute approximate surface area is 103 Å². The van der Waals surface area contributed by atoms with Gasteiger partial charge in [-0.25, -0.2) is 8.78 Å². The van der Waals surface area contributed by atoms with Crippen LogP contribution in [-0.2, 0) is 0 Å². The third kappa shape index (κ3) is 2.46. The largest absolute Gasteiger partial charge is 0.352 e. The molecule has 4 heteroatoms. The van der Waals surface area contributed by atoms with Gasteiger partial charge in [-0.1, -0.05) is 6.07 Å². The van der Waals surface area contributed by atoms with Crippen LogP contribution in [-0.4, -0.2) is 0 Å². The zero-order valence-corrected chi connectivity index (χ0v) is 9.67. The second kappa shape index (κ2) is 4.84. The molecule has 2 rings (SSSR count). The average molecular weight is 244 g/mol. The van der Waals surface area contributed by atoms with Crippen LogP contribution in [0.4, 0.5) is 20.2 Å². The van der Waals surface area contributed by atoms with E-state index in [2.05, 4.69) is 5.32 Å². The summed E-state index contributed by atoms with van der Waals surface area (Å²) >= 11 is 0. The normalized spacial score (nSPS) is 9.89. The number of anilines is 2. The number of rotatable bonds is 2. The molecule has 0 amide bonds. The molecule has 0 aliphatic carbocycles. The van der Waals surface area contributed by atoms with Gasteiger partial charge in [0.15, 0.2) is 0 Å². The average Bonchev–Trinajstić information content (AvgIpc) is 2.34. The van der Waals surface area contributed by atoms with E-state index in [0.717, 1.165) is 11.6 Å². The monoisotopic (exact) mass is 244 g/mol. The molecule has 0 radical (unpaired) electrons. The van der Waals surface area contributed by atoms with Gasteiger partial charge >= 0.3 is 0 Å². The molecule has 0 bridgehead atoms. The lowest BCUT2D eigenvalue weighted by Gasteiger charge is -2.09. The quantitative estimate of drug-likeness (QED) is 0.869. The standard InChI is InChI=1S/C14H10F2N2/c1-9-2-4-14(12(16)6-9)18-13-5-3-11(15)7-10(13)8-17/h2-7,18H,1H3. The molecule has 1 N–H and O–H groups in total. The Morgan fingerprint density at radius 2 is 1.78 bits per heavy atom. The van der Waals surface area contributed by atoms with Gasteiger partial charge in [-0.15, -0.1) is 0 Å². The van der Waals surface area contributed by atoms with Crippen LogP contribution in [0.15, 0.2) is 36.4 Å². The van der Waals surface area contributed by atoms with Gasteiger partial charge in [0, 0.05) is 0 Å². The summed E-state index contributed by atoms with van der Waals surface area (Å²) in [6, 6.07) is 10.3. The molecule has 0 saturated heterocycles. The lowest BCUT2D eigenvalue weighted by Crippen LogP contribution is -1.97. The van der Waals surface area contributed by atoms with E-state index in [0.29, 0.717) is 5.69 Å². The first-order chi connectivity index (χ1) is 8.60. The highest BCUT2D eigenvalue weighted by Crippen LogP contribution is 2.24. The van der Waals surface area contributed by atoms with Gasteiger partial charge in [0.05, 0.1) is 16.9 Å². The number of benzene rings is 2. The lowest BCUT2D eigenvalue weighted by molar-refractivity contribution is 0.627. The lowest BCUT2D eigenvalue weighted by atomic mass is 10.1. The van der Waals surface area contributed by atoms with E-state index < -0.39 is 11.6 Å². The van der Waals surface area contributed by atoms with Gasteiger partial charge in [0.1, 0.15) is 17.7 Å². The highest BCUT2D eigenvalue weighted by Gasteiger charge is 2.07. The van der Waals surface area contributed by atoms with Crippen LogP contribution in [0.3, 0.4) is 0 Å². The van der Waals surface area contributed by atoms with Crippen LogP contribution in [0.5, 0.6) is 0 Å². The molecule has 0 atom stereocenters. The maximum absolute atomic E-state index is 13.6. The summed E-state index contributed by atoms with van der Waals surface area (Å²) in [6.07, 6.45) is 0. The van der Waals surface area contributed by atoms with Crippen molar-refractivity contribution in [3.63, 3.8) is 0 Å². The molecule has 2 aromatic rings. The van der Waals surface area contributed by atoms with Gasteiger partial charge < -0.3 is 5.32 Å². The number of hydrogen-bond donors (Lipinski definition) is 1. The van der Waals surface area contributed by atoms with E-state index in [1.807, 2.05) is 6.07 Å². The third-order valence-electron chi connectivity index (χ3n) is 2.50. The summed E-state index contributed by atoms with van der Waals surface area (Å²) in [5, 5.41) is 11.7. The van der Waals surface area contributed by atoms with Crippen molar-refractivity contribution < 1.29 is 8.78 Å². The summed E-state index contributed by atoms with van der Waals surface area (Å²) < 4.78 is 26.6. The summed E-state index contributed by atoms with van der Waals surface area (Å²) in [7, 11) is 0. The molecule has 0 aliphatic heterocycles. The number of nitrogens with one attached hydrogen (secondary N) is 1. The topological polar surface area (TPSA) is 35.8 Å². The van der Waals surface area contributed by atoms with Crippen LogP contribution in [0.25, 0.3) is 0 Å². The predicted molar refractivity (Wildman–Crippen MR) is 65.5 cm³/mol. The molecular weight excluding hydrogens is 234 g/mol. The van der Waals surface area contributed by atoms with E-state index in [4.69, 9.17) is 5.26 Å². The van der Waals surface area contributed by atoms with Gasteiger partial charge in [-0.05, 0) is 42.8 Å². The highest BCUT2D eigenvalue weighted by atomic mass is 19.1. The maximum atomic E-state index is 13.6. The first-order valence-electron chi connectivity index (χ1n) is 5.33. The first-order valence-corrected chi connectivity index (χ1v) is 5.33. The van der Waals surface area contributed by atoms with Crippen molar-refractivity contribution >= 4 is 11.4 Å². The number of aryl methyl sites for hydroxylation is 1.